The Morgan fingerprint density at radius 3 is 2.80 bits per heavy atom. The molecule has 0 radical (unpaired) electrons. The van der Waals surface area contributed by atoms with E-state index in [1.54, 1.807) is 0 Å². The van der Waals surface area contributed by atoms with Crippen LogP contribution in [0.4, 0.5) is 0 Å². The molecule has 5 unspecified atom stereocenters. The Kier molecular flexibility index (Phi) is 5.18. The smallest absolute Gasteiger partial charge is 0.0811 e. The van der Waals surface area contributed by atoms with E-state index >= 15 is 0 Å². The predicted molar refractivity (Wildman–Crippen MR) is 124 cm³/mol. The fourth-order valence-electron chi connectivity index (χ4n) is 6.56. The van der Waals surface area contributed by atoms with Crippen LogP contribution in [0.15, 0.2) is 35.5 Å². The van der Waals surface area contributed by atoms with E-state index < -0.39 is 31.5 Å². The molecule has 6 atom stereocenters. The molecule has 0 aromatic carbocycles. The standard InChI is InChI=1S/C27H44O3/c1-18(8-6-14-26(3,4)30)23-12-13-24-20(9-7-15-27(23,24)5)10-11-21-16-22(28)17-25(29)19(21)2/h10-11,18,22-25,28-30H,2,6-9,12-17H2,1,3-5H3/t18?,22?,23?,24?,25?,27-/m1/s1/i3D3,4D3. The highest BCUT2D eigenvalue weighted by Crippen LogP contribution is 2.60. The Bertz CT molecular complexity index is 860. The van der Waals surface area contributed by atoms with Gasteiger partial charge in [-0.05, 0) is 93.0 Å². The van der Waals surface area contributed by atoms with Crippen LogP contribution in [-0.4, -0.2) is 33.1 Å². The molecule has 3 heteroatoms. The number of aliphatic hydroxyl groups is 3. The lowest BCUT2D eigenvalue weighted by molar-refractivity contribution is 0.0596. The summed E-state index contributed by atoms with van der Waals surface area (Å²) in [5.74, 6) is 1.18. The number of aliphatic hydroxyl groups excluding tert-OH is 2. The highest BCUT2D eigenvalue weighted by molar-refractivity contribution is 5.38. The Morgan fingerprint density at radius 1 is 1.30 bits per heavy atom. The second-order valence-corrected chi connectivity index (χ2v) is 10.4. The molecule has 3 aliphatic carbocycles. The monoisotopic (exact) mass is 422 g/mol. The van der Waals surface area contributed by atoms with Gasteiger partial charge in [-0.3, -0.25) is 0 Å². The lowest BCUT2D eigenvalue weighted by Crippen LogP contribution is -2.36. The average Bonchev–Trinajstić information content (AvgIpc) is 3.11. The maximum atomic E-state index is 10.6. The minimum atomic E-state index is -2.96. The molecule has 0 amide bonds. The number of allylic oxidation sites excluding steroid dienone is 3. The molecule has 0 saturated heterocycles. The van der Waals surface area contributed by atoms with Gasteiger partial charge >= 0.3 is 0 Å². The fraction of sp³-hybridized carbons (Fsp3) is 0.778. The van der Waals surface area contributed by atoms with Gasteiger partial charge in [-0.25, -0.2) is 0 Å². The van der Waals surface area contributed by atoms with E-state index in [0.717, 1.165) is 37.7 Å². The summed E-state index contributed by atoms with van der Waals surface area (Å²) in [5, 5.41) is 30.8. The molecule has 3 aliphatic rings. The molecule has 3 fully saturated rings. The second kappa shape index (κ2) is 9.30. The second-order valence-electron chi connectivity index (χ2n) is 10.4. The van der Waals surface area contributed by atoms with Crippen LogP contribution >= 0.6 is 0 Å². The van der Waals surface area contributed by atoms with Crippen molar-refractivity contribution in [3.8, 4) is 0 Å². The van der Waals surface area contributed by atoms with Crippen LogP contribution in [0, 0.1) is 23.2 Å². The van der Waals surface area contributed by atoms with Gasteiger partial charge in [-0.1, -0.05) is 51.0 Å². The predicted octanol–water partition coefficient (Wildman–Crippen LogP) is 5.70. The molecular formula is C27H44O3. The number of hydrogen-bond donors (Lipinski definition) is 3. The average molecular weight is 423 g/mol. The summed E-state index contributed by atoms with van der Waals surface area (Å²) in [6, 6.07) is 0. The summed E-state index contributed by atoms with van der Waals surface area (Å²) < 4.78 is 45.6. The molecule has 0 aromatic rings. The van der Waals surface area contributed by atoms with E-state index in [1.165, 1.54) is 5.57 Å². The third kappa shape index (κ3) is 5.29. The molecule has 0 bridgehead atoms. The zero-order valence-electron chi connectivity index (χ0n) is 24.7. The van der Waals surface area contributed by atoms with Crippen LogP contribution in [0.1, 0.15) is 100.0 Å². The minimum Gasteiger partial charge on any atom is -0.393 e. The number of fused-ring (bicyclic) bond motifs is 1. The van der Waals surface area contributed by atoms with Crippen LogP contribution in [-0.2, 0) is 0 Å². The highest BCUT2D eigenvalue weighted by Gasteiger charge is 2.50. The largest absolute Gasteiger partial charge is 0.393 e. The first-order chi connectivity index (χ1) is 16.5. The van der Waals surface area contributed by atoms with Gasteiger partial charge in [0.1, 0.15) is 0 Å². The third-order valence-electron chi connectivity index (χ3n) is 8.19. The van der Waals surface area contributed by atoms with Crippen LogP contribution in [0.2, 0.25) is 0 Å². The van der Waals surface area contributed by atoms with Gasteiger partial charge in [0, 0.05) is 14.6 Å². The summed E-state index contributed by atoms with van der Waals surface area (Å²) in [5.41, 5.74) is 0.463. The van der Waals surface area contributed by atoms with Crippen molar-refractivity contribution >= 4 is 0 Å². The van der Waals surface area contributed by atoms with Crippen LogP contribution in [0.25, 0.3) is 0 Å². The van der Waals surface area contributed by atoms with Crippen molar-refractivity contribution in [2.75, 3.05) is 0 Å². The Hall–Kier alpha value is -0.900. The van der Waals surface area contributed by atoms with Gasteiger partial charge in [0.15, 0.2) is 0 Å². The maximum Gasteiger partial charge on any atom is 0.0811 e. The molecule has 30 heavy (non-hydrogen) atoms. The molecular weight excluding hydrogens is 372 g/mol. The normalized spacial score (nSPS) is 42.6. The maximum absolute atomic E-state index is 10.6. The van der Waals surface area contributed by atoms with E-state index in [1.807, 2.05) is 6.08 Å². The number of hydrogen-bond acceptors (Lipinski definition) is 3. The van der Waals surface area contributed by atoms with E-state index in [-0.39, 0.29) is 11.8 Å². The summed E-state index contributed by atoms with van der Waals surface area (Å²) in [4.78, 5) is 0. The molecule has 0 heterocycles. The van der Waals surface area contributed by atoms with E-state index in [9.17, 15) is 15.3 Å². The van der Waals surface area contributed by atoms with Gasteiger partial charge in [-0.15, -0.1) is 0 Å². The SMILES string of the molecule is [2H]C([2H])([2H])C(O)(CCCC(C)C1CCC2C(=CC=C3CC(O)CC(O)C3=C)CCC[C@@]21C)C([2H])([2H])[2H]. The zero-order valence-corrected chi connectivity index (χ0v) is 18.7. The molecule has 3 nitrogen and oxygen atoms in total. The molecule has 3 N–H and O–H groups in total. The molecule has 0 aliphatic heterocycles. The van der Waals surface area contributed by atoms with E-state index in [4.69, 9.17) is 8.22 Å². The molecule has 0 aromatic heterocycles. The van der Waals surface area contributed by atoms with E-state index in [0.29, 0.717) is 49.0 Å². The summed E-state index contributed by atoms with van der Waals surface area (Å²) in [7, 11) is 0. The summed E-state index contributed by atoms with van der Waals surface area (Å²) in [6.45, 7) is 2.64. The van der Waals surface area contributed by atoms with Crippen molar-refractivity contribution < 1.29 is 23.5 Å². The summed E-state index contributed by atoms with van der Waals surface area (Å²) in [6.07, 6.45) is 10.0. The van der Waals surface area contributed by atoms with Gasteiger partial charge in [-0.2, -0.15) is 0 Å². The van der Waals surface area contributed by atoms with Gasteiger partial charge in [0.05, 0.1) is 17.8 Å². The van der Waals surface area contributed by atoms with Crippen molar-refractivity contribution in [2.24, 2.45) is 23.2 Å². The first kappa shape index (κ1) is 16.7. The molecule has 0 spiro atoms. The van der Waals surface area contributed by atoms with Gasteiger partial charge in [0.25, 0.3) is 0 Å². The Balaban J connectivity index is 1.69. The fourth-order valence-corrected chi connectivity index (χ4v) is 6.56. The molecule has 3 rings (SSSR count). The van der Waals surface area contributed by atoms with Crippen LogP contribution in [0.3, 0.4) is 0 Å². The number of rotatable bonds is 6. The first-order valence-electron chi connectivity index (χ1n) is 14.7. The topological polar surface area (TPSA) is 60.7 Å². The summed E-state index contributed by atoms with van der Waals surface area (Å²) >= 11 is 0. The van der Waals surface area contributed by atoms with Crippen molar-refractivity contribution in [1.82, 2.24) is 0 Å². The van der Waals surface area contributed by atoms with Crippen molar-refractivity contribution in [1.29, 1.82) is 0 Å². The zero-order chi connectivity index (χ0) is 27.1. The van der Waals surface area contributed by atoms with Crippen LogP contribution < -0.4 is 0 Å². The van der Waals surface area contributed by atoms with Gasteiger partial charge in [0.2, 0.25) is 0 Å². The van der Waals surface area contributed by atoms with Crippen molar-refractivity contribution in [3.05, 3.63) is 35.5 Å². The van der Waals surface area contributed by atoms with E-state index in [2.05, 4.69) is 26.5 Å². The Labute approximate surface area is 192 Å². The third-order valence-corrected chi connectivity index (χ3v) is 8.19. The first-order valence-corrected chi connectivity index (χ1v) is 11.7. The molecule has 3 saturated carbocycles. The van der Waals surface area contributed by atoms with Gasteiger partial charge < -0.3 is 15.3 Å². The lowest BCUT2D eigenvalue weighted by Gasteiger charge is -2.44. The highest BCUT2D eigenvalue weighted by atomic mass is 16.3. The lowest BCUT2D eigenvalue weighted by atomic mass is 9.60. The van der Waals surface area contributed by atoms with Crippen molar-refractivity contribution in [3.63, 3.8) is 0 Å². The minimum absolute atomic E-state index is 0.120. The van der Waals surface area contributed by atoms with Crippen molar-refractivity contribution in [2.45, 2.75) is 110 Å². The quantitative estimate of drug-likeness (QED) is 0.514. The Morgan fingerprint density at radius 2 is 2.07 bits per heavy atom. The molecule has 170 valence electrons. The van der Waals surface area contributed by atoms with Crippen LogP contribution in [0.5, 0.6) is 0 Å².